The van der Waals surface area contributed by atoms with Crippen LogP contribution in [0.1, 0.15) is 10.4 Å². The number of benzene rings is 1. The van der Waals surface area contributed by atoms with Crippen LogP contribution in [0.4, 0.5) is 4.39 Å². The van der Waals surface area contributed by atoms with Gasteiger partial charge >= 0.3 is 0 Å². The van der Waals surface area contributed by atoms with Gasteiger partial charge < -0.3 is 14.8 Å². The number of carbonyl (C=O) groups excluding carboxylic acids is 1. The van der Waals surface area contributed by atoms with Crippen molar-refractivity contribution in [3.8, 4) is 11.5 Å². The summed E-state index contributed by atoms with van der Waals surface area (Å²) in [5.74, 6) is -0.113. The molecule has 0 saturated carbocycles. The SMILES string of the molecule is CNCC(=O)c1cc2c(cc1F)OCCO2. The van der Waals surface area contributed by atoms with Gasteiger partial charge in [-0.1, -0.05) is 0 Å². The summed E-state index contributed by atoms with van der Waals surface area (Å²) in [6.45, 7) is 0.908. The molecule has 0 aromatic heterocycles. The van der Waals surface area contributed by atoms with Crippen molar-refractivity contribution in [2.75, 3.05) is 26.8 Å². The summed E-state index contributed by atoms with van der Waals surface area (Å²) in [5.41, 5.74) is 0.0265. The molecule has 0 amide bonds. The van der Waals surface area contributed by atoms with Crippen LogP contribution in [0.2, 0.25) is 0 Å². The Balaban J connectivity index is 2.35. The molecule has 2 rings (SSSR count). The highest BCUT2D eigenvalue weighted by Crippen LogP contribution is 2.32. The lowest BCUT2D eigenvalue weighted by molar-refractivity contribution is 0.0988. The molecule has 0 spiro atoms. The van der Waals surface area contributed by atoms with Gasteiger partial charge in [0.05, 0.1) is 12.1 Å². The van der Waals surface area contributed by atoms with Crippen molar-refractivity contribution in [3.63, 3.8) is 0 Å². The lowest BCUT2D eigenvalue weighted by atomic mass is 10.1. The first-order valence-electron chi connectivity index (χ1n) is 4.99. The predicted molar refractivity (Wildman–Crippen MR) is 55.6 cm³/mol. The van der Waals surface area contributed by atoms with Crippen LogP contribution in [0.5, 0.6) is 11.5 Å². The minimum Gasteiger partial charge on any atom is -0.486 e. The molecule has 0 bridgehead atoms. The van der Waals surface area contributed by atoms with Crippen molar-refractivity contribution in [1.29, 1.82) is 0 Å². The van der Waals surface area contributed by atoms with Gasteiger partial charge in [-0.2, -0.15) is 0 Å². The first-order valence-corrected chi connectivity index (χ1v) is 4.99. The van der Waals surface area contributed by atoms with E-state index >= 15 is 0 Å². The molecule has 1 heterocycles. The molecule has 1 aromatic carbocycles. The molecule has 86 valence electrons. The van der Waals surface area contributed by atoms with Crippen molar-refractivity contribution in [2.24, 2.45) is 0 Å². The molecule has 1 aliphatic rings. The van der Waals surface area contributed by atoms with E-state index in [0.717, 1.165) is 0 Å². The van der Waals surface area contributed by atoms with E-state index in [2.05, 4.69) is 5.32 Å². The first kappa shape index (κ1) is 10.9. The Morgan fingerprint density at radius 2 is 2.00 bits per heavy atom. The Morgan fingerprint density at radius 3 is 2.62 bits per heavy atom. The Kier molecular flexibility index (Phi) is 3.05. The van der Waals surface area contributed by atoms with E-state index in [4.69, 9.17) is 9.47 Å². The van der Waals surface area contributed by atoms with Crippen LogP contribution < -0.4 is 14.8 Å². The molecule has 0 radical (unpaired) electrons. The van der Waals surface area contributed by atoms with Crippen LogP contribution in [0.25, 0.3) is 0 Å². The molecular formula is C11H12FNO3. The molecule has 0 aliphatic carbocycles. The molecule has 1 aromatic rings. The minimum atomic E-state index is -0.579. The molecule has 4 nitrogen and oxygen atoms in total. The van der Waals surface area contributed by atoms with E-state index < -0.39 is 5.82 Å². The van der Waals surface area contributed by atoms with Gasteiger partial charge in [-0.15, -0.1) is 0 Å². The summed E-state index contributed by atoms with van der Waals surface area (Å²) >= 11 is 0. The number of fused-ring (bicyclic) bond motifs is 1. The van der Waals surface area contributed by atoms with Crippen LogP contribution in [0.15, 0.2) is 12.1 Å². The van der Waals surface area contributed by atoms with Crippen molar-refractivity contribution >= 4 is 5.78 Å². The summed E-state index contributed by atoms with van der Waals surface area (Å²) in [4.78, 5) is 11.6. The highest BCUT2D eigenvalue weighted by atomic mass is 19.1. The van der Waals surface area contributed by atoms with Crippen LogP contribution in [-0.4, -0.2) is 32.6 Å². The van der Waals surface area contributed by atoms with Gasteiger partial charge in [0.15, 0.2) is 17.3 Å². The average molecular weight is 225 g/mol. The summed E-state index contributed by atoms with van der Waals surface area (Å²) in [6, 6.07) is 2.58. The number of halogens is 1. The summed E-state index contributed by atoms with van der Waals surface area (Å²) in [5, 5.41) is 2.68. The number of carbonyl (C=O) groups is 1. The topological polar surface area (TPSA) is 47.6 Å². The zero-order chi connectivity index (χ0) is 11.5. The third-order valence-corrected chi connectivity index (χ3v) is 2.27. The highest BCUT2D eigenvalue weighted by molar-refractivity contribution is 5.98. The van der Waals surface area contributed by atoms with Crippen molar-refractivity contribution in [1.82, 2.24) is 5.32 Å². The number of ether oxygens (including phenoxy) is 2. The van der Waals surface area contributed by atoms with E-state index in [9.17, 15) is 9.18 Å². The fourth-order valence-electron chi connectivity index (χ4n) is 1.53. The molecule has 5 heteroatoms. The lowest BCUT2D eigenvalue weighted by Gasteiger charge is -2.19. The molecule has 1 aliphatic heterocycles. The second-order valence-corrected chi connectivity index (χ2v) is 3.43. The third-order valence-electron chi connectivity index (χ3n) is 2.27. The molecular weight excluding hydrogens is 213 g/mol. The second-order valence-electron chi connectivity index (χ2n) is 3.43. The maximum Gasteiger partial charge on any atom is 0.179 e. The Morgan fingerprint density at radius 1 is 1.38 bits per heavy atom. The van der Waals surface area contributed by atoms with E-state index in [1.807, 2.05) is 0 Å². The zero-order valence-electron chi connectivity index (χ0n) is 8.88. The number of ketones is 1. The van der Waals surface area contributed by atoms with Gasteiger partial charge in [0, 0.05) is 6.07 Å². The van der Waals surface area contributed by atoms with Crippen LogP contribution in [0.3, 0.4) is 0 Å². The standard InChI is InChI=1S/C11H12FNO3/c1-13-6-9(14)7-4-10-11(5-8(7)12)16-3-2-15-10/h4-5,13H,2-3,6H2,1H3. The number of hydrogen-bond acceptors (Lipinski definition) is 4. The Hall–Kier alpha value is -1.62. The van der Waals surface area contributed by atoms with Crippen molar-refractivity contribution in [2.45, 2.75) is 0 Å². The molecule has 0 atom stereocenters. The van der Waals surface area contributed by atoms with Gasteiger partial charge in [-0.25, -0.2) is 4.39 Å². The van der Waals surface area contributed by atoms with E-state index in [1.165, 1.54) is 12.1 Å². The maximum absolute atomic E-state index is 13.6. The van der Waals surface area contributed by atoms with Crippen LogP contribution >= 0.6 is 0 Å². The van der Waals surface area contributed by atoms with Crippen LogP contribution in [-0.2, 0) is 0 Å². The quantitative estimate of drug-likeness (QED) is 0.779. The zero-order valence-corrected chi connectivity index (χ0v) is 8.88. The Bertz CT molecular complexity index is 420. The maximum atomic E-state index is 13.6. The molecule has 0 unspecified atom stereocenters. The van der Waals surface area contributed by atoms with Gasteiger partial charge in [0.2, 0.25) is 0 Å². The summed E-state index contributed by atoms with van der Waals surface area (Å²) < 4.78 is 24.1. The number of likely N-dealkylation sites (N-methyl/N-ethyl adjacent to an activating group) is 1. The smallest absolute Gasteiger partial charge is 0.179 e. The molecule has 1 N–H and O–H groups in total. The van der Waals surface area contributed by atoms with Gasteiger partial charge in [-0.3, -0.25) is 4.79 Å². The molecule has 0 saturated heterocycles. The fraction of sp³-hybridized carbons (Fsp3) is 0.364. The van der Waals surface area contributed by atoms with Crippen LogP contribution in [0, 0.1) is 5.82 Å². The number of hydrogen-bond donors (Lipinski definition) is 1. The monoisotopic (exact) mass is 225 g/mol. The van der Waals surface area contributed by atoms with E-state index in [1.54, 1.807) is 7.05 Å². The van der Waals surface area contributed by atoms with Gasteiger partial charge in [0.1, 0.15) is 19.0 Å². The average Bonchev–Trinajstić information content (AvgIpc) is 2.28. The van der Waals surface area contributed by atoms with Gasteiger partial charge in [-0.05, 0) is 13.1 Å². The Labute approximate surface area is 92.4 Å². The third kappa shape index (κ3) is 1.99. The second kappa shape index (κ2) is 4.49. The number of nitrogens with one attached hydrogen (secondary N) is 1. The lowest BCUT2D eigenvalue weighted by Crippen LogP contribution is -2.21. The number of rotatable bonds is 3. The molecule has 16 heavy (non-hydrogen) atoms. The van der Waals surface area contributed by atoms with Gasteiger partial charge in [0.25, 0.3) is 0 Å². The summed E-state index contributed by atoms with van der Waals surface area (Å²) in [7, 11) is 1.63. The summed E-state index contributed by atoms with van der Waals surface area (Å²) in [6.07, 6.45) is 0. The van der Waals surface area contributed by atoms with Crippen molar-refractivity contribution in [3.05, 3.63) is 23.5 Å². The molecule has 0 fully saturated rings. The van der Waals surface area contributed by atoms with Crippen molar-refractivity contribution < 1.29 is 18.7 Å². The van der Waals surface area contributed by atoms with E-state index in [-0.39, 0.29) is 17.9 Å². The highest BCUT2D eigenvalue weighted by Gasteiger charge is 2.19. The predicted octanol–water partition coefficient (Wildman–Crippen LogP) is 0.999. The number of Topliss-reactive ketones (excluding diaryl/α,β-unsaturated/α-hetero) is 1. The minimum absolute atomic E-state index is 0.0265. The van der Waals surface area contributed by atoms with E-state index in [0.29, 0.717) is 24.7 Å². The normalized spacial score (nSPS) is 13.6. The largest absolute Gasteiger partial charge is 0.486 e. The first-order chi connectivity index (χ1) is 7.72. The fourth-order valence-corrected chi connectivity index (χ4v) is 1.53.